The molecule has 0 aliphatic heterocycles. The van der Waals surface area contributed by atoms with Crippen LogP contribution in [-0.4, -0.2) is 35.7 Å². The van der Waals surface area contributed by atoms with E-state index in [0.29, 0.717) is 13.2 Å². The van der Waals surface area contributed by atoms with Crippen LogP contribution in [0.1, 0.15) is 28.2 Å². The van der Waals surface area contributed by atoms with E-state index in [2.05, 4.69) is 16.0 Å². The minimum Gasteiger partial charge on any atom is -0.383 e. The van der Waals surface area contributed by atoms with Crippen LogP contribution >= 0.6 is 0 Å². The SMILES string of the molecule is COCCn1c(CCCNC(=O)c2ccccc2C)nc2ccccc21. The highest BCUT2D eigenvalue weighted by Gasteiger charge is 2.11. The Morgan fingerprint density at radius 3 is 2.73 bits per heavy atom. The third kappa shape index (κ3) is 4.11. The van der Waals surface area contributed by atoms with E-state index < -0.39 is 0 Å². The van der Waals surface area contributed by atoms with Crippen molar-refractivity contribution in [3.63, 3.8) is 0 Å². The lowest BCUT2D eigenvalue weighted by Crippen LogP contribution is -2.25. The van der Waals surface area contributed by atoms with Gasteiger partial charge in [0.05, 0.1) is 17.6 Å². The van der Waals surface area contributed by atoms with Crippen molar-refractivity contribution in [1.82, 2.24) is 14.9 Å². The number of hydrogen-bond donors (Lipinski definition) is 1. The van der Waals surface area contributed by atoms with Gasteiger partial charge in [-0.1, -0.05) is 30.3 Å². The van der Waals surface area contributed by atoms with Gasteiger partial charge in [0.15, 0.2) is 0 Å². The summed E-state index contributed by atoms with van der Waals surface area (Å²) < 4.78 is 7.44. The van der Waals surface area contributed by atoms with E-state index in [1.54, 1.807) is 7.11 Å². The Balaban J connectivity index is 1.61. The summed E-state index contributed by atoms with van der Waals surface area (Å²) in [7, 11) is 1.71. The molecule has 0 atom stereocenters. The lowest BCUT2D eigenvalue weighted by Gasteiger charge is -2.10. The number of imidazole rings is 1. The lowest BCUT2D eigenvalue weighted by molar-refractivity contribution is 0.0952. The normalized spacial score (nSPS) is 11.0. The van der Waals surface area contributed by atoms with Gasteiger partial charge >= 0.3 is 0 Å². The van der Waals surface area contributed by atoms with Crippen LogP contribution in [0.4, 0.5) is 0 Å². The molecule has 1 aromatic heterocycles. The predicted octanol–water partition coefficient (Wildman–Crippen LogP) is 3.35. The van der Waals surface area contributed by atoms with E-state index >= 15 is 0 Å². The molecular weight excluding hydrogens is 326 g/mol. The van der Waals surface area contributed by atoms with Gasteiger partial charge in [-0.05, 0) is 37.1 Å². The third-order valence-electron chi connectivity index (χ3n) is 4.51. The fourth-order valence-corrected chi connectivity index (χ4v) is 3.12. The van der Waals surface area contributed by atoms with Crippen LogP contribution in [0.5, 0.6) is 0 Å². The molecule has 136 valence electrons. The summed E-state index contributed by atoms with van der Waals surface area (Å²) in [5.41, 5.74) is 3.86. The Bertz CT molecular complexity index is 886. The van der Waals surface area contributed by atoms with E-state index in [-0.39, 0.29) is 5.91 Å². The van der Waals surface area contributed by atoms with E-state index in [4.69, 9.17) is 9.72 Å². The molecule has 0 saturated heterocycles. The molecule has 3 rings (SSSR count). The lowest BCUT2D eigenvalue weighted by atomic mass is 10.1. The Labute approximate surface area is 154 Å². The van der Waals surface area contributed by atoms with Crippen molar-refractivity contribution < 1.29 is 9.53 Å². The molecule has 1 heterocycles. The number of amides is 1. The fraction of sp³-hybridized carbons (Fsp3) is 0.333. The highest BCUT2D eigenvalue weighted by molar-refractivity contribution is 5.95. The molecule has 0 saturated carbocycles. The van der Waals surface area contributed by atoms with Gasteiger partial charge in [-0.25, -0.2) is 4.98 Å². The van der Waals surface area contributed by atoms with Crippen LogP contribution in [0, 0.1) is 6.92 Å². The number of rotatable bonds is 8. The summed E-state index contributed by atoms with van der Waals surface area (Å²) in [6.07, 6.45) is 1.65. The number of ether oxygens (including phenoxy) is 1. The van der Waals surface area contributed by atoms with Crippen molar-refractivity contribution in [2.24, 2.45) is 0 Å². The van der Waals surface area contributed by atoms with Crippen molar-refractivity contribution in [3.05, 3.63) is 65.5 Å². The molecule has 26 heavy (non-hydrogen) atoms. The second-order valence-electron chi connectivity index (χ2n) is 6.34. The second kappa shape index (κ2) is 8.63. The first-order valence-corrected chi connectivity index (χ1v) is 8.97. The quantitative estimate of drug-likeness (QED) is 0.633. The molecule has 5 nitrogen and oxygen atoms in total. The molecule has 0 aliphatic carbocycles. The molecule has 0 unspecified atom stereocenters. The largest absolute Gasteiger partial charge is 0.383 e. The monoisotopic (exact) mass is 351 g/mol. The van der Waals surface area contributed by atoms with Crippen molar-refractivity contribution in [1.29, 1.82) is 0 Å². The Kier molecular flexibility index (Phi) is 6.02. The molecule has 2 aromatic carbocycles. The number of hydrogen-bond acceptors (Lipinski definition) is 3. The minimum absolute atomic E-state index is 0.0176. The molecule has 0 spiro atoms. The van der Waals surface area contributed by atoms with Gasteiger partial charge in [0, 0.05) is 32.2 Å². The van der Waals surface area contributed by atoms with Crippen molar-refractivity contribution in [2.75, 3.05) is 20.3 Å². The number of carbonyl (C=O) groups is 1. The van der Waals surface area contributed by atoms with Crippen molar-refractivity contribution >= 4 is 16.9 Å². The maximum absolute atomic E-state index is 12.3. The Hall–Kier alpha value is -2.66. The van der Waals surface area contributed by atoms with Gasteiger partial charge < -0.3 is 14.6 Å². The maximum atomic E-state index is 12.3. The van der Waals surface area contributed by atoms with Gasteiger partial charge in [-0.3, -0.25) is 4.79 Å². The second-order valence-corrected chi connectivity index (χ2v) is 6.34. The zero-order chi connectivity index (χ0) is 18.4. The average molecular weight is 351 g/mol. The number of methoxy groups -OCH3 is 1. The molecule has 5 heteroatoms. The Morgan fingerprint density at radius 1 is 1.15 bits per heavy atom. The number of carbonyl (C=O) groups excluding carboxylic acids is 1. The number of fused-ring (bicyclic) bond motifs is 1. The summed E-state index contributed by atoms with van der Waals surface area (Å²) in [5, 5.41) is 3.01. The zero-order valence-electron chi connectivity index (χ0n) is 15.4. The van der Waals surface area contributed by atoms with E-state index in [9.17, 15) is 4.79 Å². The van der Waals surface area contributed by atoms with Crippen LogP contribution in [0.2, 0.25) is 0 Å². The first-order chi connectivity index (χ1) is 12.7. The molecule has 3 aromatic rings. The Morgan fingerprint density at radius 2 is 1.92 bits per heavy atom. The molecule has 0 bridgehead atoms. The maximum Gasteiger partial charge on any atom is 0.251 e. The number of nitrogens with zero attached hydrogens (tertiary/aromatic N) is 2. The van der Waals surface area contributed by atoms with Crippen LogP contribution < -0.4 is 5.32 Å². The van der Waals surface area contributed by atoms with E-state index in [0.717, 1.165) is 47.4 Å². The molecule has 1 amide bonds. The van der Waals surface area contributed by atoms with Crippen molar-refractivity contribution in [3.8, 4) is 0 Å². The molecule has 0 aliphatic rings. The number of benzene rings is 2. The van der Waals surface area contributed by atoms with Gasteiger partial charge in [0.2, 0.25) is 0 Å². The third-order valence-corrected chi connectivity index (χ3v) is 4.51. The summed E-state index contributed by atoms with van der Waals surface area (Å²) in [4.78, 5) is 17.0. The first-order valence-electron chi connectivity index (χ1n) is 8.97. The van der Waals surface area contributed by atoms with Crippen LogP contribution in [0.3, 0.4) is 0 Å². The zero-order valence-corrected chi connectivity index (χ0v) is 15.4. The van der Waals surface area contributed by atoms with Crippen molar-refractivity contribution in [2.45, 2.75) is 26.3 Å². The number of aromatic nitrogens is 2. The van der Waals surface area contributed by atoms with Gasteiger partial charge in [0.25, 0.3) is 5.91 Å². The highest BCUT2D eigenvalue weighted by atomic mass is 16.5. The molecular formula is C21H25N3O2. The summed E-state index contributed by atoms with van der Waals surface area (Å²) >= 11 is 0. The number of para-hydroxylation sites is 2. The number of aryl methyl sites for hydroxylation is 2. The van der Waals surface area contributed by atoms with E-state index in [1.807, 2.05) is 49.4 Å². The predicted molar refractivity (Wildman–Crippen MR) is 103 cm³/mol. The summed E-state index contributed by atoms with van der Waals surface area (Å²) in [6, 6.07) is 15.8. The fourth-order valence-electron chi connectivity index (χ4n) is 3.12. The highest BCUT2D eigenvalue weighted by Crippen LogP contribution is 2.17. The molecule has 1 N–H and O–H groups in total. The van der Waals surface area contributed by atoms with Gasteiger partial charge in [-0.2, -0.15) is 0 Å². The number of nitrogens with one attached hydrogen (secondary N) is 1. The standard InChI is InChI=1S/C21H25N3O2/c1-16-8-3-4-9-17(16)21(25)22-13-7-12-20-23-18-10-5-6-11-19(18)24(20)14-15-26-2/h3-6,8-11H,7,12-15H2,1-2H3,(H,22,25). The van der Waals surface area contributed by atoms with Crippen LogP contribution in [-0.2, 0) is 17.7 Å². The van der Waals surface area contributed by atoms with E-state index in [1.165, 1.54) is 0 Å². The minimum atomic E-state index is -0.0176. The average Bonchev–Trinajstić information content (AvgIpc) is 3.01. The van der Waals surface area contributed by atoms with Crippen LogP contribution in [0.15, 0.2) is 48.5 Å². The van der Waals surface area contributed by atoms with Gasteiger partial charge in [-0.15, -0.1) is 0 Å². The molecule has 0 radical (unpaired) electrons. The van der Waals surface area contributed by atoms with Crippen LogP contribution in [0.25, 0.3) is 11.0 Å². The molecule has 0 fully saturated rings. The summed E-state index contributed by atoms with van der Waals surface area (Å²) in [6.45, 7) is 4.01. The smallest absolute Gasteiger partial charge is 0.251 e. The van der Waals surface area contributed by atoms with Gasteiger partial charge in [0.1, 0.15) is 5.82 Å². The first kappa shape index (κ1) is 18.1. The summed E-state index contributed by atoms with van der Waals surface area (Å²) in [5.74, 6) is 1.02. The topological polar surface area (TPSA) is 56.1 Å².